The van der Waals surface area contributed by atoms with Crippen molar-refractivity contribution < 1.29 is 26.3 Å². The molecule has 4 bridgehead atoms. The molecule has 368 valence electrons. The summed E-state index contributed by atoms with van der Waals surface area (Å²) in [6, 6.07) is 12.9. The van der Waals surface area contributed by atoms with Crippen LogP contribution in [0.5, 0.6) is 0 Å². The number of nitrogens with one attached hydrogen (secondary N) is 8. The summed E-state index contributed by atoms with van der Waals surface area (Å²) in [5, 5.41) is 31.3. The van der Waals surface area contributed by atoms with Gasteiger partial charge >= 0.3 is 66.7 Å². The molecule has 11 nitrogen and oxygen atoms in total. The van der Waals surface area contributed by atoms with Crippen LogP contribution < -0.4 is 48.3 Å². The average molecular weight is 1090 g/mol. The molecule has 6 aliphatic rings. The van der Waals surface area contributed by atoms with Crippen LogP contribution in [0.15, 0.2) is 29.2 Å². The Morgan fingerprint density at radius 3 is 0.984 bits per heavy atom. The number of rotatable bonds is 3. The zero-order valence-corrected chi connectivity index (χ0v) is 43.8. The van der Waals surface area contributed by atoms with Gasteiger partial charge in [-0.2, -0.15) is 0 Å². The van der Waals surface area contributed by atoms with E-state index in [4.69, 9.17) is 67.7 Å². The number of pyridine rings is 2. The molecule has 8 rings (SSSR count). The van der Waals surface area contributed by atoms with Crippen LogP contribution in [0.25, 0.3) is 0 Å². The van der Waals surface area contributed by atoms with E-state index in [0.29, 0.717) is 54.9 Å². The molecular weight excluding hydrogens is 1010 g/mol. The molecule has 4 heterocycles. The van der Waals surface area contributed by atoms with E-state index in [1.165, 1.54) is 108 Å². The van der Waals surface area contributed by atoms with Gasteiger partial charge in [-0.15, -0.1) is 11.8 Å². The second-order valence-electron chi connectivity index (χ2n) is 17.6. The molecule has 0 radical (unpaired) electrons. The van der Waals surface area contributed by atoms with Gasteiger partial charge in [0.25, 0.3) is 0 Å². The van der Waals surface area contributed by atoms with Gasteiger partial charge in [-0.25, -0.2) is 0 Å². The summed E-state index contributed by atoms with van der Waals surface area (Å²) in [4.78, 5) is 11.2. The van der Waals surface area contributed by atoms with Gasteiger partial charge in [-0.05, 0) is 75.6 Å². The minimum absolute atomic E-state index is 0. The van der Waals surface area contributed by atoms with E-state index in [-0.39, 0.29) is 33.7 Å². The third-order valence-corrected chi connectivity index (χ3v) is 14.5. The van der Waals surface area contributed by atoms with Crippen molar-refractivity contribution in [2.45, 2.75) is 190 Å². The SMILES string of the molecule is C.Clc1cc2nc(c1)CN[C@@H]1CCCC[C@H]1NCCN[C@@H]1CCCC[C@H]1NC2.NCCSc1cc2nc(c1)CN[C@@H]1CCCC[C@H]1NCCN[C@@H]1CCCC[C@H]1NC2.[Cl][Mn][Cl].[Cl][Mn][Cl]. The van der Waals surface area contributed by atoms with Gasteiger partial charge in [0, 0.05) is 123 Å². The molecule has 4 aliphatic carbocycles. The quantitative estimate of drug-likeness (QED) is 0.108. The predicted molar refractivity (Wildman–Crippen MR) is 267 cm³/mol. The van der Waals surface area contributed by atoms with Crippen molar-refractivity contribution in [3.63, 3.8) is 0 Å². The fourth-order valence-corrected chi connectivity index (χ4v) is 11.3. The van der Waals surface area contributed by atoms with Crippen molar-refractivity contribution in [2.24, 2.45) is 5.73 Å². The van der Waals surface area contributed by atoms with Crippen molar-refractivity contribution in [1.29, 1.82) is 0 Å². The number of hydrogen-bond acceptors (Lipinski definition) is 12. The zero-order chi connectivity index (χ0) is 44.5. The molecule has 10 N–H and O–H groups in total. The Kier molecular flexibility index (Phi) is 30.6. The Balaban J connectivity index is 0.000000247. The van der Waals surface area contributed by atoms with Crippen molar-refractivity contribution in [3.05, 3.63) is 52.1 Å². The number of thioether (sulfide) groups is 1. The molecule has 64 heavy (non-hydrogen) atoms. The van der Waals surface area contributed by atoms with E-state index in [1.54, 1.807) is 0 Å². The number of halogens is 5. The van der Waals surface area contributed by atoms with Gasteiger partial charge < -0.3 is 48.3 Å². The number of fused-ring (bicyclic) bond motifs is 8. The van der Waals surface area contributed by atoms with Gasteiger partial charge in [-0.3, -0.25) is 9.97 Å². The first-order valence-electron chi connectivity index (χ1n) is 23.5. The molecule has 8 atom stereocenters. The summed E-state index contributed by atoms with van der Waals surface area (Å²) >= 11 is 8.26. The topological polar surface area (TPSA) is 148 Å². The van der Waals surface area contributed by atoms with Crippen LogP contribution in [0, 0.1) is 0 Å². The van der Waals surface area contributed by atoms with Crippen molar-refractivity contribution in [3.8, 4) is 0 Å². The second-order valence-corrected chi connectivity index (χ2v) is 23.1. The van der Waals surface area contributed by atoms with Crippen LogP contribution in [-0.2, 0) is 52.4 Å². The Hall–Kier alpha value is 0.779. The normalized spacial score (nSPS) is 29.2. The monoisotopic (exact) mass is 1090 g/mol. The van der Waals surface area contributed by atoms with Crippen LogP contribution >= 0.6 is 63.8 Å². The van der Waals surface area contributed by atoms with Crippen LogP contribution in [0.3, 0.4) is 0 Å². The molecule has 0 amide bonds. The maximum atomic E-state index is 6.39. The van der Waals surface area contributed by atoms with E-state index >= 15 is 0 Å². The molecule has 4 fully saturated rings. The summed E-state index contributed by atoms with van der Waals surface area (Å²) in [6.45, 7) is 8.18. The Morgan fingerprint density at radius 1 is 0.469 bits per heavy atom. The van der Waals surface area contributed by atoms with E-state index in [9.17, 15) is 0 Å². The molecule has 0 aromatic carbocycles. The van der Waals surface area contributed by atoms with Gasteiger partial charge in [0.05, 0.1) is 22.8 Å². The van der Waals surface area contributed by atoms with E-state index < -0.39 is 0 Å². The molecular formula is C45H78Cl5Mn2N11S. The fourth-order valence-electron chi connectivity index (χ4n) is 10.3. The van der Waals surface area contributed by atoms with Gasteiger partial charge in [0.15, 0.2) is 0 Å². The van der Waals surface area contributed by atoms with Crippen LogP contribution in [0.2, 0.25) is 5.02 Å². The standard InChI is InChI=1S/C23H40N6S.C21H34ClN5.CH4.4ClH.2Mn/c24-9-12-30-19-13-17-15-27-22-7-3-1-5-20(22)25-10-11-26-21-6-2-4-8-23(21)28-16-18(14-19)29-17;22-15-11-16-13-25-20-7-3-1-5-18(20)23-9-10-24-19-6-2-4-8-21(19)26-14-17(12-15)27-16;;;;;;;/h13-14,20-23,25-28H,1-12,15-16,24H2;11-12,18-21,23-26H,1-10,13-14H2;1H4;4*1H;;/q;;;;;;;2*+2/p-4/t20-,21-,22-,23-;18-,19-,20-,21-;;;;;;;/m11......./s1. The van der Waals surface area contributed by atoms with Gasteiger partial charge in [-0.1, -0.05) is 70.4 Å². The molecule has 2 aromatic heterocycles. The summed E-state index contributed by atoms with van der Waals surface area (Å²) in [7, 11) is 19.2. The summed E-state index contributed by atoms with van der Waals surface area (Å²) in [5.74, 6) is 0.951. The maximum absolute atomic E-state index is 6.39. The third kappa shape index (κ3) is 21.0. The number of hydrogen-bond donors (Lipinski definition) is 9. The Labute approximate surface area is 425 Å². The third-order valence-electron chi connectivity index (χ3n) is 13.3. The molecule has 0 spiro atoms. The molecule has 19 heteroatoms. The first kappa shape index (κ1) is 57.4. The first-order valence-corrected chi connectivity index (χ1v) is 31.4. The van der Waals surface area contributed by atoms with Crippen LogP contribution in [0.4, 0.5) is 0 Å². The first-order chi connectivity index (χ1) is 30.9. The molecule has 2 aliphatic heterocycles. The fraction of sp³-hybridized carbons (Fsp3) is 0.778. The van der Waals surface area contributed by atoms with Crippen molar-refractivity contribution in [1.82, 2.24) is 52.5 Å². The number of nitrogens with two attached hydrogens (primary N) is 1. The predicted octanol–water partition coefficient (Wildman–Crippen LogP) is 8.25. The van der Waals surface area contributed by atoms with Crippen molar-refractivity contribution in [2.75, 3.05) is 38.5 Å². The summed E-state index contributed by atoms with van der Waals surface area (Å²) < 4.78 is 0. The molecule has 0 saturated heterocycles. The molecule has 0 unspecified atom stereocenters. The summed E-state index contributed by atoms with van der Waals surface area (Å²) in [6.07, 6.45) is 20.7. The van der Waals surface area contributed by atoms with Gasteiger partial charge in [0.2, 0.25) is 0 Å². The van der Waals surface area contributed by atoms with E-state index in [0.717, 1.165) is 85.9 Å². The van der Waals surface area contributed by atoms with Crippen LogP contribution in [-0.4, -0.2) is 96.8 Å². The van der Waals surface area contributed by atoms with Crippen LogP contribution in [0.1, 0.15) is 133 Å². The summed E-state index contributed by atoms with van der Waals surface area (Å²) in [5.41, 5.74) is 10.2. The van der Waals surface area contributed by atoms with Crippen molar-refractivity contribution >= 4 is 63.8 Å². The van der Waals surface area contributed by atoms with Gasteiger partial charge in [0.1, 0.15) is 0 Å². The Morgan fingerprint density at radius 2 is 0.719 bits per heavy atom. The minimum atomic E-state index is 0. The Bertz CT molecular complexity index is 1450. The second kappa shape index (κ2) is 34.2. The average Bonchev–Trinajstić information content (AvgIpc) is 3.30. The number of aromatic nitrogens is 2. The van der Waals surface area contributed by atoms with E-state index in [2.05, 4.69) is 54.7 Å². The molecule has 2 aromatic rings. The van der Waals surface area contributed by atoms with E-state index in [1.807, 2.05) is 23.9 Å². The zero-order valence-electron chi connectivity index (χ0n) is 36.8. The molecule has 4 saturated carbocycles. The number of nitrogens with zero attached hydrogens (tertiary/aromatic N) is 2.